The van der Waals surface area contributed by atoms with Crippen molar-refractivity contribution in [1.82, 2.24) is 10.2 Å². The molecule has 1 unspecified atom stereocenters. The van der Waals surface area contributed by atoms with Gasteiger partial charge >= 0.3 is 0 Å². The van der Waals surface area contributed by atoms with Gasteiger partial charge in [0.05, 0.1) is 19.0 Å². The van der Waals surface area contributed by atoms with Gasteiger partial charge in [-0.05, 0) is 30.5 Å². The molecule has 2 aromatic rings. The number of methoxy groups -OCH3 is 1. The molecule has 2 aliphatic rings. The molecular formula is C17H20N4O2. The third kappa shape index (κ3) is 2.44. The highest BCUT2D eigenvalue weighted by molar-refractivity contribution is 5.94. The number of nitrogens with zero attached hydrogens (tertiary/aromatic N) is 2. The van der Waals surface area contributed by atoms with Crippen LogP contribution < -0.4 is 15.0 Å². The molecule has 0 saturated carbocycles. The van der Waals surface area contributed by atoms with Crippen LogP contribution in [0, 0.1) is 0 Å². The molecule has 0 radical (unpaired) electrons. The summed E-state index contributed by atoms with van der Waals surface area (Å²) in [7, 11) is 1.70. The number of aromatic nitrogens is 2. The predicted octanol–water partition coefficient (Wildman–Crippen LogP) is 2.49. The number of rotatable bonds is 3. The summed E-state index contributed by atoms with van der Waals surface area (Å²) in [4.78, 5) is 14.3. The zero-order valence-corrected chi connectivity index (χ0v) is 13.1. The number of aromatic amines is 1. The second kappa shape index (κ2) is 5.61. The van der Waals surface area contributed by atoms with E-state index in [0.29, 0.717) is 12.2 Å². The van der Waals surface area contributed by atoms with E-state index in [0.717, 1.165) is 35.7 Å². The third-order valence-corrected chi connectivity index (χ3v) is 4.75. The van der Waals surface area contributed by atoms with Gasteiger partial charge in [0.15, 0.2) is 0 Å². The Morgan fingerprint density at radius 3 is 2.91 bits per heavy atom. The van der Waals surface area contributed by atoms with Gasteiger partial charge in [0.25, 0.3) is 0 Å². The second-order valence-electron chi connectivity index (χ2n) is 6.13. The van der Waals surface area contributed by atoms with E-state index < -0.39 is 0 Å². The first-order valence-corrected chi connectivity index (χ1v) is 8.02. The van der Waals surface area contributed by atoms with Crippen LogP contribution in [0.4, 0.5) is 11.5 Å². The molecule has 0 spiro atoms. The Balaban J connectivity index is 1.71. The van der Waals surface area contributed by atoms with E-state index in [9.17, 15) is 4.79 Å². The highest BCUT2D eigenvalue weighted by atomic mass is 16.5. The molecule has 0 bridgehead atoms. The first-order chi connectivity index (χ1) is 11.3. The van der Waals surface area contributed by atoms with E-state index >= 15 is 0 Å². The van der Waals surface area contributed by atoms with Gasteiger partial charge in [-0.3, -0.25) is 9.89 Å². The molecule has 1 aromatic heterocycles. The molecule has 1 amide bonds. The molecule has 120 valence electrons. The molecule has 6 nitrogen and oxygen atoms in total. The fourth-order valence-corrected chi connectivity index (χ4v) is 3.57. The Kier molecular flexibility index (Phi) is 3.44. The minimum atomic E-state index is 0.00864. The highest BCUT2D eigenvalue weighted by Crippen LogP contribution is 2.39. The zero-order valence-electron chi connectivity index (χ0n) is 13.1. The number of benzene rings is 1. The van der Waals surface area contributed by atoms with E-state index in [1.165, 1.54) is 12.8 Å². The van der Waals surface area contributed by atoms with Crippen LogP contribution in [0.2, 0.25) is 0 Å². The predicted molar refractivity (Wildman–Crippen MR) is 88.1 cm³/mol. The van der Waals surface area contributed by atoms with Crippen molar-refractivity contribution in [3.8, 4) is 5.75 Å². The standard InChI is InChI=1S/C17H20N4O2/c1-23-15-8-11(4-5-14(15)21-6-2-3-7-21)12-9-16(22)19-17-13(12)10-18-20-17/h4-5,8,10,12H,2-3,6-7,9H2,1H3,(H2,18,19,20,22). The van der Waals surface area contributed by atoms with Gasteiger partial charge in [-0.2, -0.15) is 5.10 Å². The lowest BCUT2D eigenvalue weighted by Gasteiger charge is -2.25. The number of carbonyl (C=O) groups is 1. The minimum absolute atomic E-state index is 0.00864. The summed E-state index contributed by atoms with van der Waals surface area (Å²) < 4.78 is 5.62. The van der Waals surface area contributed by atoms with Gasteiger partial charge in [0, 0.05) is 31.0 Å². The normalized spacial score (nSPS) is 20.3. The molecule has 1 saturated heterocycles. The first kappa shape index (κ1) is 14.1. The summed E-state index contributed by atoms with van der Waals surface area (Å²) >= 11 is 0. The Hall–Kier alpha value is -2.50. The highest BCUT2D eigenvalue weighted by Gasteiger charge is 2.29. The van der Waals surface area contributed by atoms with Crippen LogP contribution in [0.3, 0.4) is 0 Å². The summed E-state index contributed by atoms with van der Waals surface area (Å²) in [5.41, 5.74) is 3.25. The molecule has 2 N–H and O–H groups in total. The lowest BCUT2D eigenvalue weighted by Crippen LogP contribution is -2.23. The summed E-state index contributed by atoms with van der Waals surface area (Å²) in [6, 6.07) is 6.29. The van der Waals surface area contributed by atoms with Crippen LogP contribution in [-0.4, -0.2) is 36.3 Å². The Morgan fingerprint density at radius 1 is 1.30 bits per heavy atom. The van der Waals surface area contributed by atoms with Crippen LogP contribution in [0.25, 0.3) is 0 Å². The minimum Gasteiger partial charge on any atom is -0.495 e. The maximum atomic E-state index is 11.9. The molecule has 1 fully saturated rings. The number of ether oxygens (including phenoxy) is 1. The van der Waals surface area contributed by atoms with Crippen LogP contribution in [0.15, 0.2) is 24.4 Å². The lowest BCUT2D eigenvalue weighted by atomic mass is 9.87. The number of amides is 1. The fraction of sp³-hybridized carbons (Fsp3) is 0.412. The van der Waals surface area contributed by atoms with E-state index in [4.69, 9.17) is 4.74 Å². The van der Waals surface area contributed by atoms with Crippen molar-refractivity contribution in [1.29, 1.82) is 0 Å². The van der Waals surface area contributed by atoms with Crippen molar-refractivity contribution in [3.63, 3.8) is 0 Å². The average molecular weight is 312 g/mol. The van der Waals surface area contributed by atoms with Crippen molar-refractivity contribution in [2.45, 2.75) is 25.2 Å². The Labute approximate surface area is 134 Å². The quantitative estimate of drug-likeness (QED) is 0.913. The SMILES string of the molecule is COc1cc(C2CC(=O)Nc3[nH]ncc32)ccc1N1CCCC1. The van der Waals surface area contributed by atoms with Gasteiger partial charge in [0.2, 0.25) is 5.91 Å². The lowest BCUT2D eigenvalue weighted by molar-refractivity contribution is -0.116. The molecule has 6 heteroatoms. The summed E-state index contributed by atoms with van der Waals surface area (Å²) in [5, 5.41) is 9.74. The zero-order chi connectivity index (χ0) is 15.8. The van der Waals surface area contributed by atoms with E-state index in [1.807, 2.05) is 0 Å². The van der Waals surface area contributed by atoms with Crippen LogP contribution in [-0.2, 0) is 4.79 Å². The topological polar surface area (TPSA) is 70.2 Å². The van der Waals surface area contributed by atoms with E-state index in [2.05, 4.69) is 38.6 Å². The second-order valence-corrected chi connectivity index (χ2v) is 6.13. The number of fused-ring (bicyclic) bond motifs is 1. The molecular weight excluding hydrogens is 292 g/mol. The molecule has 1 aromatic carbocycles. The number of nitrogens with one attached hydrogen (secondary N) is 2. The number of H-pyrrole nitrogens is 1. The van der Waals surface area contributed by atoms with E-state index in [1.54, 1.807) is 13.3 Å². The van der Waals surface area contributed by atoms with Gasteiger partial charge < -0.3 is 15.0 Å². The van der Waals surface area contributed by atoms with Crippen LogP contribution >= 0.6 is 0 Å². The number of hydrogen-bond donors (Lipinski definition) is 2. The van der Waals surface area contributed by atoms with E-state index in [-0.39, 0.29) is 11.8 Å². The van der Waals surface area contributed by atoms with Gasteiger partial charge in [0.1, 0.15) is 11.6 Å². The molecule has 4 rings (SSSR count). The number of hydrogen-bond acceptors (Lipinski definition) is 4. The largest absolute Gasteiger partial charge is 0.495 e. The maximum absolute atomic E-state index is 11.9. The van der Waals surface area contributed by atoms with Gasteiger partial charge in [-0.25, -0.2) is 0 Å². The Morgan fingerprint density at radius 2 is 2.13 bits per heavy atom. The summed E-state index contributed by atoms with van der Waals surface area (Å²) in [6.07, 6.45) is 4.68. The smallest absolute Gasteiger partial charge is 0.226 e. The van der Waals surface area contributed by atoms with Crippen molar-refractivity contribution in [2.75, 3.05) is 30.4 Å². The number of carbonyl (C=O) groups excluding carboxylic acids is 1. The average Bonchev–Trinajstić information content (AvgIpc) is 3.24. The monoisotopic (exact) mass is 312 g/mol. The van der Waals surface area contributed by atoms with Crippen molar-refractivity contribution >= 4 is 17.4 Å². The molecule has 23 heavy (non-hydrogen) atoms. The maximum Gasteiger partial charge on any atom is 0.226 e. The van der Waals surface area contributed by atoms with Crippen molar-refractivity contribution in [2.24, 2.45) is 0 Å². The van der Waals surface area contributed by atoms with Gasteiger partial charge in [-0.15, -0.1) is 0 Å². The van der Waals surface area contributed by atoms with Crippen molar-refractivity contribution in [3.05, 3.63) is 35.5 Å². The van der Waals surface area contributed by atoms with Crippen molar-refractivity contribution < 1.29 is 9.53 Å². The third-order valence-electron chi connectivity index (χ3n) is 4.75. The fourth-order valence-electron chi connectivity index (χ4n) is 3.57. The first-order valence-electron chi connectivity index (χ1n) is 8.02. The van der Waals surface area contributed by atoms with Gasteiger partial charge in [-0.1, -0.05) is 6.07 Å². The molecule has 0 aliphatic carbocycles. The van der Waals surface area contributed by atoms with Crippen LogP contribution in [0.5, 0.6) is 5.75 Å². The number of anilines is 2. The Bertz CT molecular complexity index is 734. The summed E-state index contributed by atoms with van der Waals surface area (Å²) in [6.45, 7) is 2.15. The molecule has 1 atom stereocenters. The van der Waals surface area contributed by atoms with Crippen LogP contribution in [0.1, 0.15) is 36.3 Å². The molecule has 3 heterocycles. The summed E-state index contributed by atoms with van der Waals surface area (Å²) in [5.74, 6) is 1.60. The molecule has 2 aliphatic heterocycles.